The van der Waals surface area contributed by atoms with E-state index in [1.165, 1.54) is 24.2 Å². The Bertz CT molecular complexity index is 296. The maximum atomic E-state index is 5.45. The van der Waals surface area contributed by atoms with Gasteiger partial charge in [0.05, 0.1) is 6.26 Å². The van der Waals surface area contributed by atoms with Crippen LogP contribution < -0.4 is 5.32 Å². The molecule has 1 aliphatic carbocycles. The predicted octanol–water partition coefficient (Wildman–Crippen LogP) is 2.28. The molecule has 0 saturated carbocycles. The van der Waals surface area contributed by atoms with E-state index in [0.717, 1.165) is 26.0 Å². The molecule has 3 heteroatoms. The molecule has 3 nitrogen and oxygen atoms in total. The third-order valence-electron chi connectivity index (χ3n) is 2.97. The summed E-state index contributed by atoms with van der Waals surface area (Å²) < 4.78 is 10.5. The van der Waals surface area contributed by atoms with Crippen LogP contribution in [0.15, 0.2) is 16.7 Å². The first-order valence-corrected chi connectivity index (χ1v) is 5.70. The molecule has 0 saturated heterocycles. The van der Waals surface area contributed by atoms with Gasteiger partial charge in [-0.2, -0.15) is 0 Å². The number of aryl methyl sites for hydroxylation is 1. The molecule has 0 spiro atoms. The summed E-state index contributed by atoms with van der Waals surface area (Å²) in [6.07, 6.45) is 6.42. The first-order valence-electron chi connectivity index (χ1n) is 5.70. The lowest BCUT2D eigenvalue weighted by Crippen LogP contribution is -2.25. The Balaban J connectivity index is 1.84. The minimum atomic E-state index is 0.490. The highest BCUT2D eigenvalue weighted by molar-refractivity contribution is 5.23. The van der Waals surface area contributed by atoms with Crippen LogP contribution in [0.5, 0.6) is 0 Å². The number of hydrogen-bond acceptors (Lipinski definition) is 3. The van der Waals surface area contributed by atoms with Crippen molar-refractivity contribution in [3.63, 3.8) is 0 Å². The minimum Gasteiger partial charge on any atom is -0.469 e. The number of methoxy groups -OCH3 is 1. The lowest BCUT2D eigenvalue weighted by atomic mass is 9.93. The molecule has 0 fully saturated rings. The summed E-state index contributed by atoms with van der Waals surface area (Å²) >= 11 is 0. The van der Waals surface area contributed by atoms with E-state index in [2.05, 4.69) is 11.4 Å². The lowest BCUT2D eigenvalue weighted by molar-refractivity contribution is 0.192. The molecule has 0 bridgehead atoms. The van der Waals surface area contributed by atoms with Crippen molar-refractivity contribution in [3.8, 4) is 0 Å². The monoisotopic (exact) mass is 209 g/mol. The zero-order valence-corrected chi connectivity index (χ0v) is 9.29. The first kappa shape index (κ1) is 10.7. The highest BCUT2D eigenvalue weighted by Gasteiger charge is 2.21. The Hall–Kier alpha value is -0.800. The highest BCUT2D eigenvalue weighted by atomic mass is 16.5. The molecule has 0 aliphatic heterocycles. The summed E-state index contributed by atoms with van der Waals surface area (Å²) in [7, 11) is 1.74. The second-order valence-corrected chi connectivity index (χ2v) is 4.04. The van der Waals surface area contributed by atoms with Crippen molar-refractivity contribution in [2.75, 3.05) is 20.3 Å². The summed E-state index contributed by atoms with van der Waals surface area (Å²) in [4.78, 5) is 0. The molecule has 1 atom stereocenters. The molecule has 1 aromatic heterocycles. The van der Waals surface area contributed by atoms with Crippen molar-refractivity contribution in [1.29, 1.82) is 0 Å². The molecule has 0 amide bonds. The van der Waals surface area contributed by atoms with Crippen molar-refractivity contribution >= 4 is 0 Å². The van der Waals surface area contributed by atoms with Gasteiger partial charge in [-0.15, -0.1) is 0 Å². The molecule has 1 aromatic rings. The molecule has 1 unspecified atom stereocenters. The van der Waals surface area contributed by atoms with Crippen molar-refractivity contribution in [2.24, 2.45) is 0 Å². The molecule has 0 aromatic carbocycles. The maximum absolute atomic E-state index is 5.45. The van der Waals surface area contributed by atoms with Gasteiger partial charge in [-0.1, -0.05) is 0 Å². The topological polar surface area (TPSA) is 34.4 Å². The van der Waals surface area contributed by atoms with Gasteiger partial charge in [-0.3, -0.25) is 0 Å². The molecule has 1 aliphatic rings. The van der Waals surface area contributed by atoms with E-state index >= 15 is 0 Å². The fraction of sp³-hybridized carbons (Fsp3) is 0.667. The Morgan fingerprint density at radius 1 is 1.60 bits per heavy atom. The van der Waals surface area contributed by atoms with Gasteiger partial charge < -0.3 is 14.5 Å². The van der Waals surface area contributed by atoms with Crippen LogP contribution in [-0.2, 0) is 11.2 Å². The average molecular weight is 209 g/mol. The first-order chi connectivity index (χ1) is 7.42. The van der Waals surface area contributed by atoms with Gasteiger partial charge in [0.2, 0.25) is 0 Å². The Kier molecular flexibility index (Phi) is 3.80. The molecule has 15 heavy (non-hydrogen) atoms. The quantitative estimate of drug-likeness (QED) is 0.755. The van der Waals surface area contributed by atoms with E-state index in [-0.39, 0.29) is 0 Å². The fourth-order valence-electron chi connectivity index (χ4n) is 2.19. The number of furan rings is 1. The SMILES string of the molecule is COCCCNC1CCCc2occc21. The van der Waals surface area contributed by atoms with Crippen LogP contribution in [0.25, 0.3) is 0 Å². The smallest absolute Gasteiger partial charge is 0.108 e. The largest absolute Gasteiger partial charge is 0.469 e. The van der Waals surface area contributed by atoms with Gasteiger partial charge in [0.25, 0.3) is 0 Å². The maximum Gasteiger partial charge on any atom is 0.108 e. The zero-order chi connectivity index (χ0) is 10.5. The van der Waals surface area contributed by atoms with E-state index in [9.17, 15) is 0 Å². The highest BCUT2D eigenvalue weighted by Crippen LogP contribution is 2.30. The number of fused-ring (bicyclic) bond motifs is 1. The second-order valence-electron chi connectivity index (χ2n) is 4.04. The molecule has 0 radical (unpaired) electrons. The fourth-order valence-corrected chi connectivity index (χ4v) is 2.19. The van der Waals surface area contributed by atoms with E-state index in [0.29, 0.717) is 6.04 Å². The summed E-state index contributed by atoms with van der Waals surface area (Å²) in [6, 6.07) is 2.59. The Morgan fingerprint density at radius 3 is 3.40 bits per heavy atom. The van der Waals surface area contributed by atoms with Crippen LogP contribution in [0.1, 0.15) is 36.6 Å². The second kappa shape index (κ2) is 5.33. The van der Waals surface area contributed by atoms with Crippen LogP contribution in [0.3, 0.4) is 0 Å². The van der Waals surface area contributed by atoms with Crippen molar-refractivity contribution in [3.05, 3.63) is 23.7 Å². The zero-order valence-electron chi connectivity index (χ0n) is 9.29. The molecular weight excluding hydrogens is 190 g/mol. The molecule has 1 heterocycles. The lowest BCUT2D eigenvalue weighted by Gasteiger charge is -2.22. The van der Waals surface area contributed by atoms with Crippen LogP contribution in [0.2, 0.25) is 0 Å². The standard InChI is InChI=1S/C12H19NO2/c1-14-8-3-7-13-11-4-2-5-12-10(11)6-9-15-12/h6,9,11,13H,2-5,7-8H2,1H3. The van der Waals surface area contributed by atoms with E-state index in [1.54, 1.807) is 13.4 Å². The van der Waals surface area contributed by atoms with Crippen molar-refractivity contribution < 1.29 is 9.15 Å². The van der Waals surface area contributed by atoms with E-state index < -0.39 is 0 Å². The van der Waals surface area contributed by atoms with Gasteiger partial charge in [0.1, 0.15) is 5.76 Å². The predicted molar refractivity (Wildman–Crippen MR) is 58.9 cm³/mol. The molecule has 84 valence electrons. The van der Waals surface area contributed by atoms with Crippen LogP contribution in [0, 0.1) is 0 Å². The average Bonchev–Trinajstić information content (AvgIpc) is 2.73. The number of hydrogen-bond donors (Lipinski definition) is 1. The third kappa shape index (κ3) is 2.61. The number of ether oxygens (including phenoxy) is 1. The number of rotatable bonds is 5. The molecule has 2 rings (SSSR count). The van der Waals surface area contributed by atoms with Crippen LogP contribution in [-0.4, -0.2) is 20.3 Å². The summed E-state index contributed by atoms with van der Waals surface area (Å²) in [5, 5.41) is 3.56. The van der Waals surface area contributed by atoms with Crippen molar-refractivity contribution in [2.45, 2.75) is 31.7 Å². The van der Waals surface area contributed by atoms with Gasteiger partial charge in [0, 0.05) is 31.7 Å². The normalized spacial score (nSPS) is 20.2. The number of nitrogens with one attached hydrogen (secondary N) is 1. The summed E-state index contributed by atoms with van der Waals surface area (Å²) in [6.45, 7) is 1.85. The third-order valence-corrected chi connectivity index (χ3v) is 2.97. The Labute approximate surface area is 90.8 Å². The van der Waals surface area contributed by atoms with Gasteiger partial charge in [-0.25, -0.2) is 0 Å². The Morgan fingerprint density at radius 2 is 2.53 bits per heavy atom. The van der Waals surface area contributed by atoms with E-state index in [1.807, 2.05) is 0 Å². The summed E-state index contributed by atoms with van der Waals surface area (Å²) in [5.41, 5.74) is 1.36. The van der Waals surface area contributed by atoms with Gasteiger partial charge in [0.15, 0.2) is 0 Å². The van der Waals surface area contributed by atoms with E-state index in [4.69, 9.17) is 9.15 Å². The van der Waals surface area contributed by atoms with Crippen LogP contribution >= 0.6 is 0 Å². The summed E-state index contributed by atoms with van der Waals surface area (Å²) in [5.74, 6) is 1.17. The van der Waals surface area contributed by atoms with Crippen molar-refractivity contribution in [1.82, 2.24) is 5.32 Å². The van der Waals surface area contributed by atoms with Gasteiger partial charge >= 0.3 is 0 Å². The molecular formula is C12H19NO2. The van der Waals surface area contributed by atoms with Crippen LogP contribution in [0.4, 0.5) is 0 Å². The minimum absolute atomic E-state index is 0.490. The molecule has 1 N–H and O–H groups in total. The van der Waals surface area contributed by atoms with Gasteiger partial charge in [-0.05, 0) is 31.9 Å².